The zero-order chi connectivity index (χ0) is 22.5. The van der Waals surface area contributed by atoms with Gasteiger partial charge in [0.15, 0.2) is 0 Å². The van der Waals surface area contributed by atoms with Crippen molar-refractivity contribution in [1.82, 2.24) is 9.88 Å². The van der Waals surface area contributed by atoms with E-state index in [1.807, 2.05) is 24.0 Å². The third-order valence-electron chi connectivity index (χ3n) is 7.29. The van der Waals surface area contributed by atoms with Gasteiger partial charge in [0.05, 0.1) is 17.9 Å². The molecule has 4 nitrogen and oxygen atoms in total. The Morgan fingerprint density at radius 2 is 1.79 bits per heavy atom. The van der Waals surface area contributed by atoms with Crippen LogP contribution in [0.25, 0.3) is 16.7 Å². The Morgan fingerprint density at radius 1 is 1.09 bits per heavy atom. The zero-order valence-corrected chi connectivity index (χ0v) is 18.5. The number of aryl methyl sites for hydroxylation is 1. The zero-order valence-electron chi connectivity index (χ0n) is 18.5. The van der Waals surface area contributed by atoms with Crippen LogP contribution in [-0.2, 0) is 4.74 Å². The first-order valence-electron chi connectivity index (χ1n) is 11.6. The monoisotopic (exact) mass is 440 g/mol. The van der Waals surface area contributed by atoms with Gasteiger partial charge in [-0.15, -0.1) is 0 Å². The number of carbonyl (C=O) groups excluding carboxylic acids is 1. The highest BCUT2D eigenvalue weighted by Crippen LogP contribution is 2.45. The lowest BCUT2D eigenvalue weighted by Gasteiger charge is -2.33. The molecule has 33 heavy (non-hydrogen) atoms. The number of hydrogen-bond acceptors (Lipinski definition) is 3. The molecule has 2 aliphatic heterocycles. The van der Waals surface area contributed by atoms with Crippen molar-refractivity contribution in [3.8, 4) is 11.1 Å². The molecule has 1 aliphatic carbocycles. The summed E-state index contributed by atoms with van der Waals surface area (Å²) in [5.74, 6) is -0.267. The lowest BCUT2D eigenvalue weighted by Crippen LogP contribution is -2.43. The summed E-state index contributed by atoms with van der Waals surface area (Å²) in [6, 6.07) is 18.3. The van der Waals surface area contributed by atoms with Crippen LogP contribution < -0.4 is 0 Å². The largest absolute Gasteiger partial charge is 0.448 e. The highest BCUT2D eigenvalue weighted by molar-refractivity contribution is 5.79. The van der Waals surface area contributed by atoms with Gasteiger partial charge in [-0.2, -0.15) is 0 Å². The minimum Gasteiger partial charge on any atom is -0.448 e. The Morgan fingerprint density at radius 3 is 2.45 bits per heavy atom. The second-order valence-electron chi connectivity index (χ2n) is 9.22. The maximum atomic E-state index is 13.5. The first kappa shape index (κ1) is 20.2. The number of hydrogen-bond donors (Lipinski definition) is 0. The molecule has 3 heterocycles. The van der Waals surface area contributed by atoms with Crippen LogP contribution in [0.5, 0.6) is 0 Å². The molecule has 1 saturated heterocycles. The Bertz CT molecular complexity index is 1240. The van der Waals surface area contributed by atoms with Crippen LogP contribution in [0, 0.1) is 12.7 Å². The minimum atomic E-state index is -0.323. The number of halogens is 1. The molecule has 1 amide bonds. The summed E-state index contributed by atoms with van der Waals surface area (Å²) in [5, 5.41) is 0. The predicted molar refractivity (Wildman–Crippen MR) is 125 cm³/mol. The molecule has 1 fully saturated rings. The number of ether oxygens (including phenoxy) is 1. The van der Waals surface area contributed by atoms with Gasteiger partial charge in [-0.3, -0.25) is 9.88 Å². The van der Waals surface area contributed by atoms with E-state index in [0.29, 0.717) is 6.61 Å². The minimum absolute atomic E-state index is 0.000605. The number of nitrogens with zero attached hydrogens (tertiary/aromatic N) is 2. The second kappa shape index (κ2) is 7.84. The fraction of sp³-hybridized carbons (Fsp3) is 0.286. The Balaban J connectivity index is 1.21. The Kier molecular flexibility index (Phi) is 4.79. The van der Waals surface area contributed by atoms with Crippen LogP contribution in [-0.4, -0.2) is 34.7 Å². The number of aromatic nitrogens is 1. The molecule has 3 aromatic rings. The third kappa shape index (κ3) is 3.34. The van der Waals surface area contributed by atoms with Crippen LogP contribution in [0.4, 0.5) is 9.18 Å². The molecule has 5 heteroatoms. The standard InChI is InChI=1S/C28H25FN2O2/c1-17-12-19(29)15-30-27(17)18-13-20-10-11-21(14-18)31(20)28(32)33-16-26-24-8-4-2-6-22(24)23-7-3-5-9-25(23)26/h2-9,12-13,15,20-21,26H,10-11,14,16H2,1H3. The van der Waals surface area contributed by atoms with E-state index in [0.717, 1.165) is 36.1 Å². The van der Waals surface area contributed by atoms with E-state index in [9.17, 15) is 9.18 Å². The van der Waals surface area contributed by atoms with Gasteiger partial charge in [-0.1, -0.05) is 54.6 Å². The third-order valence-corrected chi connectivity index (χ3v) is 7.29. The SMILES string of the molecule is Cc1cc(F)cnc1C1=CC2CCC(C1)N2C(=O)OCC1c2ccccc2-c2ccccc21. The van der Waals surface area contributed by atoms with Gasteiger partial charge in [0, 0.05) is 12.0 Å². The van der Waals surface area contributed by atoms with E-state index in [4.69, 9.17) is 4.74 Å². The van der Waals surface area contributed by atoms with Crippen LogP contribution in [0.2, 0.25) is 0 Å². The number of benzene rings is 2. The van der Waals surface area contributed by atoms with Crippen molar-refractivity contribution in [1.29, 1.82) is 0 Å². The van der Waals surface area contributed by atoms with Crippen molar-refractivity contribution in [2.45, 2.75) is 44.2 Å². The summed E-state index contributed by atoms with van der Waals surface area (Å²) in [6.07, 6.45) is 5.72. The van der Waals surface area contributed by atoms with E-state index in [1.165, 1.54) is 34.5 Å². The second-order valence-corrected chi connectivity index (χ2v) is 9.22. The summed E-state index contributed by atoms with van der Waals surface area (Å²) in [5.41, 5.74) is 7.64. The van der Waals surface area contributed by atoms with E-state index in [2.05, 4.69) is 47.5 Å². The first-order chi connectivity index (χ1) is 16.1. The van der Waals surface area contributed by atoms with Crippen LogP contribution in [0.1, 0.15) is 47.6 Å². The summed E-state index contributed by atoms with van der Waals surface area (Å²) in [7, 11) is 0. The number of carbonyl (C=O) groups is 1. The summed E-state index contributed by atoms with van der Waals surface area (Å²) >= 11 is 0. The Labute approximate surface area is 192 Å². The average Bonchev–Trinajstić information content (AvgIpc) is 3.28. The lowest BCUT2D eigenvalue weighted by molar-refractivity contribution is 0.0866. The van der Waals surface area contributed by atoms with Crippen molar-refractivity contribution in [3.05, 3.63) is 95.1 Å². The highest BCUT2D eigenvalue weighted by Gasteiger charge is 2.41. The molecule has 2 unspecified atom stereocenters. The number of rotatable bonds is 3. The molecule has 2 aromatic carbocycles. The van der Waals surface area contributed by atoms with Crippen molar-refractivity contribution in [2.24, 2.45) is 0 Å². The van der Waals surface area contributed by atoms with Crippen LogP contribution >= 0.6 is 0 Å². The Hall–Kier alpha value is -3.47. The molecule has 0 saturated carbocycles. The first-order valence-corrected chi connectivity index (χ1v) is 11.6. The number of fused-ring (bicyclic) bond motifs is 5. The number of amides is 1. The molecule has 0 radical (unpaired) electrons. The predicted octanol–water partition coefficient (Wildman–Crippen LogP) is 6.10. The quantitative estimate of drug-likeness (QED) is 0.494. The normalized spacial score (nSPS) is 20.9. The maximum Gasteiger partial charge on any atom is 0.410 e. The fourth-order valence-electron chi connectivity index (χ4n) is 5.84. The average molecular weight is 441 g/mol. The van der Waals surface area contributed by atoms with Gasteiger partial charge in [0.1, 0.15) is 12.4 Å². The van der Waals surface area contributed by atoms with E-state index in [1.54, 1.807) is 0 Å². The molecular formula is C28H25FN2O2. The summed E-state index contributed by atoms with van der Waals surface area (Å²) < 4.78 is 19.4. The summed E-state index contributed by atoms with van der Waals surface area (Å²) in [6.45, 7) is 2.21. The van der Waals surface area contributed by atoms with Crippen LogP contribution in [0.3, 0.4) is 0 Å². The van der Waals surface area contributed by atoms with Crippen molar-refractivity contribution in [3.63, 3.8) is 0 Å². The summed E-state index contributed by atoms with van der Waals surface area (Å²) in [4.78, 5) is 19.4. The molecule has 3 aliphatic rings. The maximum absolute atomic E-state index is 13.5. The molecular weight excluding hydrogens is 415 g/mol. The van der Waals surface area contributed by atoms with Gasteiger partial charge in [-0.25, -0.2) is 9.18 Å². The molecule has 2 bridgehead atoms. The van der Waals surface area contributed by atoms with Gasteiger partial charge < -0.3 is 4.74 Å². The molecule has 0 spiro atoms. The van der Waals surface area contributed by atoms with Gasteiger partial charge >= 0.3 is 6.09 Å². The van der Waals surface area contributed by atoms with E-state index >= 15 is 0 Å². The van der Waals surface area contributed by atoms with Gasteiger partial charge in [0.2, 0.25) is 0 Å². The molecule has 0 N–H and O–H groups in total. The van der Waals surface area contributed by atoms with Gasteiger partial charge in [0.25, 0.3) is 0 Å². The molecule has 1 aromatic heterocycles. The van der Waals surface area contributed by atoms with Gasteiger partial charge in [-0.05, 0) is 65.6 Å². The molecule has 166 valence electrons. The van der Waals surface area contributed by atoms with E-state index < -0.39 is 0 Å². The molecule has 6 rings (SSSR count). The highest BCUT2D eigenvalue weighted by atomic mass is 19.1. The van der Waals surface area contributed by atoms with Crippen LogP contribution in [0.15, 0.2) is 66.9 Å². The smallest absolute Gasteiger partial charge is 0.410 e. The number of pyridine rings is 1. The van der Waals surface area contributed by atoms with Crippen molar-refractivity contribution >= 4 is 11.7 Å². The van der Waals surface area contributed by atoms with Crippen molar-refractivity contribution < 1.29 is 13.9 Å². The van der Waals surface area contributed by atoms with Crippen molar-refractivity contribution in [2.75, 3.05) is 6.61 Å². The fourth-order valence-corrected chi connectivity index (χ4v) is 5.84. The lowest BCUT2D eigenvalue weighted by atomic mass is 9.96. The van der Waals surface area contributed by atoms with E-state index in [-0.39, 0.29) is 29.9 Å². The molecule has 2 atom stereocenters. The topological polar surface area (TPSA) is 42.4 Å².